The molecular formula is C16H26N2O2. The van der Waals surface area contributed by atoms with E-state index in [4.69, 9.17) is 9.47 Å². The molecule has 0 spiro atoms. The molecule has 0 atom stereocenters. The average Bonchev–Trinajstić information content (AvgIpc) is 2.98. The van der Waals surface area contributed by atoms with Crippen molar-refractivity contribution >= 4 is 0 Å². The minimum absolute atomic E-state index is 0.612. The second-order valence-corrected chi connectivity index (χ2v) is 5.15. The third-order valence-electron chi connectivity index (χ3n) is 3.58. The highest BCUT2D eigenvalue weighted by molar-refractivity contribution is 5.33. The molecule has 1 N–H and O–H groups in total. The van der Waals surface area contributed by atoms with E-state index in [1.807, 2.05) is 25.2 Å². The van der Waals surface area contributed by atoms with E-state index in [-0.39, 0.29) is 0 Å². The van der Waals surface area contributed by atoms with Gasteiger partial charge in [0.05, 0.1) is 13.2 Å². The van der Waals surface area contributed by atoms with E-state index in [2.05, 4.69) is 16.3 Å². The summed E-state index contributed by atoms with van der Waals surface area (Å²) < 4.78 is 11.4. The molecule has 1 aromatic carbocycles. The highest BCUT2D eigenvalue weighted by atomic mass is 16.5. The molecule has 0 amide bonds. The molecule has 1 aliphatic heterocycles. The highest BCUT2D eigenvalue weighted by Gasteiger charge is 2.10. The van der Waals surface area contributed by atoms with E-state index in [9.17, 15) is 0 Å². The summed E-state index contributed by atoms with van der Waals surface area (Å²) in [6.07, 6.45) is 2.68. The van der Waals surface area contributed by atoms with Crippen LogP contribution in [0.25, 0.3) is 0 Å². The lowest BCUT2D eigenvalue weighted by atomic mass is 10.2. The Morgan fingerprint density at radius 2 is 1.90 bits per heavy atom. The van der Waals surface area contributed by atoms with Gasteiger partial charge in [0.1, 0.15) is 12.4 Å². The van der Waals surface area contributed by atoms with Crippen molar-refractivity contribution in [2.24, 2.45) is 0 Å². The monoisotopic (exact) mass is 278 g/mol. The van der Waals surface area contributed by atoms with Crippen molar-refractivity contribution in [1.29, 1.82) is 0 Å². The van der Waals surface area contributed by atoms with Crippen LogP contribution < -0.4 is 10.1 Å². The van der Waals surface area contributed by atoms with E-state index in [1.54, 1.807) is 0 Å². The SMILES string of the molecule is CNCc1ccccc1OCCOCCN1CCCC1. The van der Waals surface area contributed by atoms with Crippen molar-refractivity contribution in [3.8, 4) is 5.75 Å². The van der Waals surface area contributed by atoms with Gasteiger partial charge in [0.15, 0.2) is 0 Å². The fourth-order valence-corrected chi connectivity index (χ4v) is 2.49. The first-order valence-corrected chi connectivity index (χ1v) is 7.55. The van der Waals surface area contributed by atoms with E-state index in [0.29, 0.717) is 13.2 Å². The summed E-state index contributed by atoms with van der Waals surface area (Å²) in [5, 5.41) is 3.15. The molecule has 4 heteroatoms. The summed E-state index contributed by atoms with van der Waals surface area (Å²) in [6, 6.07) is 8.13. The summed E-state index contributed by atoms with van der Waals surface area (Å²) >= 11 is 0. The summed E-state index contributed by atoms with van der Waals surface area (Å²) in [5.41, 5.74) is 1.19. The van der Waals surface area contributed by atoms with Crippen molar-refractivity contribution in [3.63, 3.8) is 0 Å². The van der Waals surface area contributed by atoms with Crippen LogP contribution in [0.4, 0.5) is 0 Å². The van der Waals surface area contributed by atoms with Crippen LogP contribution in [-0.2, 0) is 11.3 Å². The summed E-state index contributed by atoms with van der Waals surface area (Å²) in [7, 11) is 1.94. The lowest BCUT2D eigenvalue weighted by molar-refractivity contribution is 0.0843. The molecule has 0 aliphatic carbocycles. The van der Waals surface area contributed by atoms with Gasteiger partial charge in [-0.15, -0.1) is 0 Å². The number of rotatable bonds is 9. The molecule has 1 aliphatic rings. The quantitative estimate of drug-likeness (QED) is 0.700. The van der Waals surface area contributed by atoms with Crippen LogP contribution in [0.3, 0.4) is 0 Å². The Hall–Kier alpha value is -1.10. The Balaban J connectivity index is 1.58. The minimum Gasteiger partial charge on any atom is -0.491 e. The van der Waals surface area contributed by atoms with Gasteiger partial charge in [-0.1, -0.05) is 18.2 Å². The van der Waals surface area contributed by atoms with Crippen LogP contribution in [0.15, 0.2) is 24.3 Å². The lowest BCUT2D eigenvalue weighted by Crippen LogP contribution is -2.24. The summed E-state index contributed by atoms with van der Waals surface area (Å²) in [6.45, 7) is 6.42. The molecule has 4 nitrogen and oxygen atoms in total. The molecule has 0 saturated carbocycles. The zero-order chi connectivity index (χ0) is 14.0. The molecule has 0 bridgehead atoms. The fraction of sp³-hybridized carbons (Fsp3) is 0.625. The first kappa shape index (κ1) is 15.3. The fourth-order valence-electron chi connectivity index (χ4n) is 2.49. The smallest absolute Gasteiger partial charge is 0.123 e. The first-order chi connectivity index (χ1) is 9.90. The van der Waals surface area contributed by atoms with Crippen molar-refractivity contribution in [2.45, 2.75) is 19.4 Å². The number of hydrogen-bond acceptors (Lipinski definition) is 4. The Morgan fingerprint density at radius 1 is 1.10 bits per heavy atom. The third kappa shape index (κ3) is 5.12. The van der Waals surface area contributed by atoms with Gasteiger partial charge in [-0.2, -0.15) is 0 Å². The molecule has 0 unspecified atom stereocenters. The van der Waals surface area contributed by atoms with Crippen LogP contribution >= 0.6 is 0 Å². The molecule has 20 heavy (non-hydrogen) atoms. The number of nitrogens with zero attached hydrogens (tertiary/aromatic N) is 1. The van der Waals surface area contributed by atoms with E-state index < -0.39 is 0 Å². The van der Waals surface area contributed by atoms with Gasteiger partial charge in [0.2, 0.25) is 0 Å². The molecule has 2 rings (SSSR count). The Morgan fingerprint density at radius 3 is 2.70 bits per heavy atom. The second-order valence-electron chi connectivity index (χ2n) is 5.15. The van der Waals surface area contributed by atoms with Gasteiger partial charge in [-0.05, 0) is 39.0 Å². The zero-order valence-corrected chi connectivity index (χ0v) is 12.4. The van der Waals surface area contributed by atoms with Crippen LogP contribution in [0.2, 0.25) is 0 Å². The van der Waals surface area contributed by atoms with Gasteiger partial charge >= 0.3 is 0 Å². The predicted molar refractivity (Wildman–Crippen MR) is 81.2 cm³/mol. The predicted octanol–water partition coefficient (Wildman–Crippen LogP) is 1.90. The van der Waals surface area contributed by atoms with Crippen LogP contribution in [0.1, 0.15) is 18.4 Å². The van der Waals surface area contributed by atoms with Crippen molar-refractivity contribution in [1.82, 2.24) is 10.2 Å². The van der Waals surface area contributed by atoms with Gasteiger partial charge in [0, 0.05) is 18.7 Å². The minimum atomic E-state index is 0.612. The number of para-hydroxylation sites is 1. The number of hydrogen-bond donors (Lipinski definition) is 1. The average molecular weight is 278 g/mol. The summed E-state index contributed by atoms with van der Waals surface area (Å²) in [4.78, 5) is 2.46. The molecule has 0 radical (unpaired) electrons. The van der Waals surface area contributed by atoms with E-state index >= 15 is 0 Å². The number of likely N-dealkylation sites (tertiary alicyclic amines) is 1. The van der Waals surface area contributed by atoms with Crippen LogP contribution in [-0.4, -0.2) is 51.4 Å². The van der Waals surface area contributed by atoms with Crippen LogP contribution in [0.5, 0.6) is 5.75 Å². The van der Waals surface area contributed by atoms with E-state index in [0.717, 1.165) is 25.4 Å². The number of ether oxygens (including phenoxy) is 2. The van der Waals surface area contributed by atoms with E-state index in [1.165, 1.54) is 31.5 Å². The standard InChI is InChI=1S/C16H26N2O2/c1-17-14-15-6-2-3-7-16(15)20-13-12-19-11-10-18-8-4-5-9-18/h2-3,6-7,17H,4-5,8-14H2,1H3. The van der Waals surface area contributed by atoms with Gasteiger partial charge in [-0.25, -0.2) is 0 Å². The maximum atomic E-state index is 5.78. The molecule has 1 fully saturated rings. The second kappa shape index (κ2) is 8.95. The Kier molecular flexibility index (Phi) is 6.84. The largest absolute Gasteiger partial charge is 0.491 e. The Labute approximate surface area is 122 Å². The molecule has 0 aromatic heterocycles. The van der Waals surface area contributed by atoms with Crippen LogP contribution in [0, 0.1) is 0 Å². The molecule has 112 valence electrons. The molecule has 1 saturated heterocycles. The van der Waals surface area contributed by atoms with Crippen molar-refractivity contribution in [3.05, 3.63) is 29.8 Å². The molecule has 1 heterocycles. The molecular weight excluding hydrogens is 252 g/mol. The maximum absolute atomic E-state index is 5.78. The summed E-state index contributed by atoms with van der Waals surface area (Å²) in [5.74, 6) is 0.949. The number of nitrogens with one attached hydrogen (secondary N) is 1. The normalized spacial score (nSPS) is 15.7. The lowest BCUT2D eigenvalue weighted by Gasteiger charge is -2.15. The van der Waals surface area contributed by atoms with Gasteiger partial charge in [-0.3, -0.25) is 0 Å². The van der Waals surface area contributed by atoms with Crippen molar-refractivity contribution in [2.75, 3.05) is 46.5 Å². The maximum Gasteiger partial charge on any atom is 0.123 e. The first-order valence-electron chi connectivity index (χ1n) is 7.55. The van der Waals surface area contributed by atoms with Crippen molar-refractivity contribution < 1.29 is 9.47 Å². The number of benzene rings is 1. The topological polar surface area (TPSA) is 33.7 Å². The van der Waals surface area contributed by atoms with Gasteiger partial charge < -0.3 is 19.7 Å². The molecule has 1 aromatic rings. The zero-order valence-electron chi connectivity index (χ0n) is 12.4. The van der Waals surface area contributed by atoms with Gasteiger partial charge in [0.25, 0.3) is 0 Å². The Bertz CT molecular complexity index is 378. The third-order valence-corrected chi connectivity index (χ3v) is 3.58. The highest BCUT2D eigenvalue weighted by Crippen LogP contribution is 2.17.